The first-order valence-corrected chi connectivity index (χ1v) is 8.28. The van der Waals surface area contributed by atoms with Gasteiger partial charge in [-0.25, -0.2) is 9.97 Å². The first-order chi connectivity index (χ1) is 12.7. The topological polar surface area (TPSA) is 72.7 Å². The van der Waals surface area contributed by atoms with Crippen molar-refractivity contribution in [3.63, 3.8) is 0 Å². The van der Waals surface area contributed by atoms with Crippen LogP contribution in [0.1, 0.15) is 5.69 Å². The minimum atomic E-state index is -0.145. The van der Waals surface area contributed by atoms with E-state index in [0.29, 0.717) is 5.82 Å². The SMILES string of the molecule is Cc1cc(-c2ccnc3c2ccn3CC(=O)Nc2ccccn2)ccn1. The number of rotatable bonds is 4. The van der Waals surface area contributed by atoms with Gasteiger partial charge in [0.05, 0.1) is 0 Å². The standard InChI is InChI=1S/C20H17N5O/c1-14-12-15(5-9-21-14)16-6-10-23-20-17(16)7-11-25(20)13-19(26)24-18-4-2-3-8-22-18/h2-12H,13H2,1H3,(H,22,24,26). The van der Waals surface area contributed by atoms with E-state index in [9.17, 15) is 4.79 Å². The first kappa shape index (κ1) is 16.0. The third kappa shape index (κ3) is 3.17. The van der Waals surface area contributed by atoms with Crippen molar-refractivity contribution >= 4 is 22.8 Å². The molecule has 4 aromatic rings. The van der Waals surface area contributed by atoms with E-state index in [-0.39, 0.29) is 12.5 Å². The fraction of sp³-hybridized carbons (Fsp3) is 0.100. The van der Waals surface area contributed by atoms with Crippen molar-refractivity contribution in [1.82, 2.24) is 19.5 Å². The lowest BCUT2D eigenvalue weighted by atomic mass is 10.0. The van der Waals surface area contributed by atoms with Crippen LogP contribution in [0.3, 0.4) is 0 Å². The average Bonchev–Trinajstić information content (AvgIpc) is 3.05. The first-order valence-electron chi connectivity index (χ1n) is 8.28. The third-order valence-corrected chi connectivity index (χ3v) is 4.12. The van der Waals surface area contributed by atoms with Crippen LogP contribution >= 0.6 is 0 Å². The van der Waals surface area contributed by atoms with E-state index < -0.39 is 0 Å². The van der Waals surface area contributed by atoms with Crippen LogP contribution in [-0.2, 0) is 11.3 Å². The highest BCUT2D eigenvalue weighted by Gasteiger charge is 2.11. The number of nitrogens with zero attached hydrogens (tertiary/aromatic N) is 4. The van der Waals surface area contributed by atoms with E-state index in [1.54, 1.807) is 30.7 Å². The molecule has 0 spiro atoms. The molecular weight excluding hydrogens is 326 g/mol. The van der Waals surface area contributed by atoms with Gasteiger partial charge in [0.15, 0.2) is 0 Å². The van der Waals surface area contributed by atoms with Crippen molar-refractivity contribution in [2.24, 2.45) is 0 Å². The Hall–Kier alpha value is -3.54. The number of hydrogen-bond acceptors (Lipinski definition) is 4. The molecule has 0 unspecified atom stereocenters. The van der Waals surface area contributed by atoms with E-state index in [2.05, 4.69) is 20.3 Å². The normalized spacial score (nSPS) is 10.8. The highest BCUT2D eigenvalue weighted by molar-refractivity contribution is 5.95. The molecule has 0 aliphatic heterocycles. The van der Waals surface area contributed by atoms with Crippen molar-refractivity contribution in [3.8, 4) is 11.1 Å². The van der Waals surface area contributed by atoms with Gasteiger partial charge in [0.25, 0.3) is 0 Å². The fourth-order valence-electron chi connectivity index (χ4n) is 2.96. The fourth-order valence-corrected chi connectivity index (χ4v) is 2.96. The predicted octanol–water partition coefficient (Wildman–Crippen LogP) is 3.44. The molecule has 4 heterocycles. The minimum Gasteiger partial charge on any atom is -0.323 e. The zero-order chi connectivity index (χ0) is 17.9. The zero-order valence-electron chi connectivity index (χ0n) is 14.3. The average molecular weight is 343 g/mol. The van der Waals surface area contributed by atoms with Crippen molar-refractivity contribution in [2.75, 3.05) is 5.32 Å². The van der Waals surface area contributed by atoms with Gasteiger partial charge in [-0.2, -0.15) is 0 Å². The lowest BCUT2D eigenvalue weighted by molar-refractivity contribution is -0.116. The number of hydrogen-bond donors (Lipinski definition) is 1. The van der Waals surface area contributed by atoms with Crippen LogP contribution in [0.15, 0.2) is 67.3 Å². The molecule has 0 aliphatic carbocycles. The van der Waals surface area contributed by atoms with E-state index >= 15 is 0 Å². The number of carbonyl (C=O) groups excluding carboxylic acids is 1. The molecule has 0 bridgehead atoms. The maximum atomic E-state index is 12.3. The number of amides is 1. The summed E-state index contributed by atoms with van der Waals surface area (Å²) in [6.45, 7) is 2.14. The molecule has 26 heavy (non-hydrogen) atoms. The molecule has 4 rings (SSSR count). The molecule has 128 valence electrons. The number of pyridine rings is 3. The van der Waals surface area contributed by atoms with Crippen LogP contribution in [0.4, 0.5) is 5.82 Å². The molecule has 1 amide bonds. The van der Waals surface area contributed by atoms with E-state index in [4.69, 9.17) is 0 Å². The number of fused-ring (bicyclic) bond motifs is 1. The smallest absolute Gasteiger partial charge is 0.245 e. The zero-order valence-corrected chi connectivity index (χ0v) is 14.3. The summed E-state index contributed by atoms with van der Waals surface area (Å²) >= 11 is 0. The Kier molecular flexibility index (Phi) is 4.15. The molecule has 6 heteroatoms. The molecule has 6 nitrogen and oxygen atoms in total. The molecule has 0 aromatic carbocycles. The van der Waals surface area contributed by atoms with Gasteiger partial charge in [0, 0.05) is 35.9 Å². The van der Waals surface area contributed by atoms with Gasteiger partial charge >= 0.3 is 0 Å². The van der Waals surface area contributed by atoms with E-state index in [1.165, 1.54) is 0 Å². The Morgan fingerprint density at radius 2 is 1.92 bits per heavy atom. The highest BCUT2D eigenvalue weighted by Crippen LogP contribution is 2.28. The predicted molar refractivity (Wildman–Crippen MR) is 101 cm³/mol. The van der Waals surface area contributed by atoms with Gasteiger partial charge < -0.3 is 9.88 Å². The lowest BCUT2D eigenvalue weighted by Crippen LogP contribution is -2.19. The second-order valence-electron chi connectivity index (χ2n) is 5.99. The number of nitrogens with one attached hydrogen (secondary N) is 1. The second-order valence-corrected chi connectivity index (χ2v) is 5.99. The number of aryl methyl sites for hydroxylation is 1. The quantitative estimate of drug-likeness (QED) is 0.616. The summed E-state index contributed by atoms with van der Waals surface area (Å²) in [6.07, 6.45) is 7.09. The van der Waals surface area contributed by atoms with Crippen LogP contribution in [0.5, 0.6) is 0 Å². The summed E-state index contributed by atoms with van der Waals surface area (Å²) in [6, 6.07) is 13.4. The Bertz CT molecular complexity index is 1070. The van der Waals surface area contributed by atoms with Gasteiger partial charge in [0.2, 0.25) is 5.91 Å². The summed E-state index contributed by atoms with van der Waals surface area (Å²) in [5.41, 5.74) is 3.89. The summed E-state index contributed by atoms with van der Waals surface area (Å²) in [5.74, 6) is 0.392. The Morgan fingerprint density at radius 3 is 2.73 bits per heavy atom. The van der Waals surface area contributed by atoms with Crippen molar-refractivity contribution in [3.05, 3.63) is 72.9 Å². The van der Waals surface area contributed by atoms with Crippen LogP contribution in [0, 0.1) is 6.92 Å². The van der Waals surface area contributed by atoms with Crippen LogP contribution in [0.25, 0.3) is 22.2 Å². The van der Waals surface area contributed by atoms with E-state index in [0.717, 1.165) is 27.9 Å². The molecule has 0 aliphatic rings. The molecule has 0 radical (unpaired) electrons. The molecule has 0 atom stereocenters. The Labute approximate surface area is 150 Å². The second kappa shape index (κ2) is 6.76. The largest absolute Gasteiger partial charge is 0.323 e. The van der Waals surface area contributed by atoms with Crippen LogP contribution in [0.2, 0.25) is 0 Å². The van der Waals surface area contributed by atoms with Crippen molar-refractivity contribution in [2.45, 2.75) is 13.5 Å². The summed E-state index contributed by atoms with van der Waals surface area (Å²) in [4.78, 5) is 25.1. The lowest BCUT2D eigenvalue weighted by Gasteiger charge is -2.08. The monoisotopic (exact) mass is 343 g/mol. The summed E-state index contributed by atoms with van der Waals surface area (Å²) < 4.78 is 1.84. The maximum Gasteiger partial charge on any atom is 0.245 e. The molecule has 0 saturated heterocycles. The van der Waals surface area contributed by atoms with Crippen molar-refractivity contribution in [1.29, 1.82) is 0 Å². The summed E-state index contributed by atoms with van der Waals surface area (Å²) in [5, 5.41) is 3.80. The highest BCUT2D eigenvalue weighted by atomic mass is 16.2. The van der Waals surface area contributed by atoms with Gasteiger partial charge in [-0.3, -0.25) is 9.78 Å². The number of aromatic nitrogens is 4. The van der Waals surface area contributed by atoms with Crippen molar-refractivity contribution < 1.29 is 4.79 Å². The molecule has 4 aromatic heterocycles. The van der Waals surface area contributed by atoms with Gasteiger partial charge in [-0.15, -0.1) is 0 Å². The minimum absolute atomic E-state index is 0.145. The Balaban J connectivity index is 1.63. The molecular formula is C20H17N5O. The Morgan fingerprint density at radius 1 is 1.04 bits per heavy atom. The molecule has 1 N–H and O–H groups in total. The van der Waals surface area contributed by atoms with Gasteiger partial charge in [-0.05, 0) is 54.4 Å². The van der Waals surface area contributed by atoms with Crippen LogP contribution in [-0.4, -0.2) is 25.4 Å². The maximum absolute atomic E-state index is 12.3. The van der Waals surface area contributed by atoms with E-state index in [1.807, 2.05) is 48.0 Å². The number of carbonyl (C=O) groups is 1. The molecule has 0 fully saturated rings. The number of anilines is 1. The third-order valence-electron chi connectivity index (χ3n) is 4.12. The summed E-state index contributed by atoms with van der Waals surface area (Å²) in [7, 11) is 0. The van der Waals surface area contributed by atoms with Gasteiger partial charge in [0.1, 0.15) is 18.0 Å². The van der Waals surface area contributed by atoms with Crippen LogP contribution < -0.4 is 5.32 Å². The van der Waals surface area contributed by atoms with Gasteiger partial charge in [-0.1, -0.05) is 6.07 Å². The molecule has 0 saturated carbocycles.